The van der Waals surface area contributed by atoms with E-state index in [0.29, 0.717) is 18.7 Å². The van der Waals surface area contributed by atoms with Gasteiger partial charge in [0.25, 0.3) is 0 Å². The highest BCUT2D eigenvalue weighted by atomic mass is 19.1. The lowest BCUT2D eigenvalue weighted by molar-refractivity contribution is 0.598. The fourth-order valence-corrected chi connectivity index (χ4v) is 2.44. The molecule has 0 amide bonds. The number of imidazole rings is 1. The molecule has 3 nitrogen and oxygen atoms in total. The Morgan fingerprint density at radius 2 is 2.00 bits per heavy atom. The van der Waals surface area contributed by atoms with E-state index in [-0.39, 0.29) is 5.82 Å². The van der Waals surface area contributed by atoms with Crippen molar-refractivity contribution < 1.29 is 4.39 Å². The molecule has 4 heteroatoms. The van der Waals surface area contributed by atoms with E-state index in [0.717, 1.165) is 22.4 Å². The van der Waals surface area contributed by atoms with Crippen LogP contribution in [0.4, 0.5) is 4.39 Å². The van der Waals surface area contributed by atoms with Crippen LogP contribution in [0.3, 0.4) is 0 Å². The Morgan fingerprint density at radius 3 is 2.80 bits per heavy atom. The molecule has 3 aromatic rings. The van der Waals surface area contributed by atoms with E-state index >= 15 is 0 Å². The summed E-state index contributed by atoms with van der Waals surface area (Å²) in [6, 6.07) is 12.9. The summed E-state index contributed by atoms with van der Waals surface area (Å²) in [4.78, 5) is 4.50. The Morgan fingerprint density at radius 1 is 1.20 bits per heavy atom. The van der Waals surface area contributed by atoms with E-state index in [1.165, 1.54) is 6.07 Å². The van der Waals surface area contributed by atoms with E-state index in [1.807, 2.05) is 41.8 Å². The molecule has 2 aromatic carbocycles. The average Bonchev–Trinajstić information content (AvgIpc) is 2.77. The molecular weight excluding hydrogens is 253 g/mol. The first-order valence-corrected chi connectivity index (χ1v) is 6.58. The molecule has 0 saturated carbocycles. The summed E-state index contributed by atoms with van der Waals surface area (Å²) in [6.07, 6.45) is 0. The molecule has 1 heterocycles. The van der Waals surface area contributed by atoms with Crippen molar-refractivity contribution in [1.29, 1.82) is 0 Å². The minimum atomic E-state index is -0.209. The topological polar surface area (TPSA) is 43.8 Å². The first-order chi connectivity index (χ1) is 9.69. The number of hydrogen-bond acceptors (Lipinski definition) is 2. The molecule has 1 aromatic heterocycles. The molecule has 0 fully saturated rings. The van der Waals surface area contributed by atoms with E-state index in [9.17, 15) is 4.39 Å². The third kappa shape index (κ3) is 2.18. The van der Waals surface area contributed by atoms with Crippen molar-refractivity contribution >= 4 is 11.0 Å². The number of benzene rings is 2. The van der Waals surface area contributed by atoms with Crippen molar-refractivity contribution in [3.05, 3.63) is 65.2 Å². The van der Waals surface area contributed by atoms with Gasteiger partial charge in [-0.2, -0.15) is 0 Å². The molecule has 0 aliphatic carbocycles. The van der Waals surface area contributed by atoms with E-state index < -0.39 is 0 Å². The van der Waals surface area contributed by atoms with Crippen LogP contribution >= 0.6 is 0 Å². The molecule has 0 spiro atoms. The van der Waals surface area contributed by atoms with Gasteiger partial charge in [0.1, 0.15) is 11.6 Å². The van der Waals surface area contributed by atoms with Gasteiger partial charge < -0.3 is 10.3 Å². The zero-order chi connectivity index (χ0) is 14.1. The van der Waals surface area contributed by atoms with E-state index in [2.05, 4.69) is 4.98 Å². The lowest BCUT2D eigenvalue weighted by Gasteiger charge is -2.09. The van der Waals surface area contributed by atoms with Crippen molar-refractivity contribution in [1.82, 2.24) is 9.55 Å². The van der Waals surface area contributed by atoms with Gasteiger partial charge in [0.15, 0.2) is 0 Å². The second-order valence-corrected chi connectivity index (χ2v) is 4.86. The highest BCUT2D eigenvalue weighted by Crippen LogP contribution is 2.19. The third-order valence-electron chi connectivity index (χ3n) is 3.52. The summed E-state index contributed by atoms with van der Waals surface area (Å²) < 4.78 is 16.0. The van der Waals surface area contributed by atoms with Crippen LogP contribution in [0.2, 0.25) is 0 Å². The first kappa shape index (κ1) is 12.8. The molecule has 2 N–H and O–H groups in total. The SMILES string of the molecule is Cc1nc2ccccc2n1Cc1cc(CN)ccc1F. The Bertz CT molecular complexity index is 762. The van der Waals surface area contributed by atoms with Crippen LogP contribution in [0.5, 0.6) is 0 Å². The van der Waals surface area contributed by atoms with Gasteiger partial charge in [0, 0.05) is 12.1 Å². The summed E-state index contributed by atoms with van der Waals surface area (Å²) in [5.74, 6) is 0.670. The zero-order valence-corrected chi connectivity index (χ0v) is 11.3. The standard InChI is InChI=1S/C16H16FN3/c1-11-19-15-4-2-3-5-16(15)20(11)10-13-8-12(9-18)6-7-14(13)17/h2-8H,9-10,18H2,1H3. The average molecular weight is 269 g/mol. The number of fused-ring (bicyclic) bond motifs is 1. The monoisotopic (exact) mass is 269 g/mol. The van der Waals surface area contributed by atoms with Crippen LogP contribution in [-0.2, 0) is 13.1 Å². The quantitative estimate of drug-likeness (QED) is 0.794. The van der Waals surface area contributed by atoms with Crippen molar-refractivity contribution in [2.45, 2.75) is 20.0 Å². The predicted octanol–water partition coefficient (Wildman–Crippen LogP) is 2.99. The third-order valence-corrected chi connectivity index (χ3v) is 3.52. The molecule has 0 radical (unpaired) electrons. The number of aryl methyl sites for hydroxylation is 1. The number of aromatic nitrogens is 2. The maximum atomic E-state index is 14.0. The minimum absolute atomic E-state index is 0.209. The number of nitrogens with two attached hydrogens (primary N) is 1. The van der Waals surface area contributed by atoms with Gasteiger partial charge in [-0.25, -0.2) is 9.37 Å². The number of nitrogens with zero attached hydrogens (tertiary/aromatic N) is 2. The molecule has 0 unspecified atom stereocenters. The van der Waals surface area contributed by atoms with Crippen molar-refractivity contribution in [2.75, 3.05) is 0 Å². The number of hydrogen-bond donors (Lipinski definition) is 1. The van der Waals surface area contributed by atoms with Crippen LogP contribution < -0.4 is 5.73 Å². The van der Waals surface area contributed by atoms with Crippen LogP contribution in [-0.4, -0.2) is 9.55 Å². The van der Waals surface area contributed by atoms with Gasteiger partial charge in [0.2, 0.25) is 0 Å². The predicted molar refractivity (Wildman–Crippen MR) is 77.9 cm³/mol. The largest absolute Gasteiger partial charge is 0.326 e. The Labute approximate surface area is 116 Å². The first-order valence-electron chi connectivity index (χ1n) is 6.58. The molecule has 102 valence electrons. The highest BCUT2D eigenvalue weighted by Gasteiger charge is 2.10. The Kier molecular flexibility index (Phi) is 3.24. The molecule has 0 aliphatic rings. The minimum Gasteiger partial charge on any atom is -0.326 e. The molecule has 20 heavy (non-hydrogen) atoms. The molecule has 3 rings (SSSR count). The number of halogens is 1. The smallest absolute Gasteiger partial charge is 0.128 e. The highest BCUT2D eigenvalue weighted by molar-refractivity contribution is 5.75. The molecule has 0 atom stereocenters. The van der Waals surface area contributed by atoms with Gasteiger partial charge in [-0.15, -0.1) is 0 Å². The van der Waals surface area contributed by atoms with Gasteiger partial charge in [0.05, 0.1) is 17.6 Å². The van der Waals surface area contributed by atoms with Gasteiger partial charge >= 0.3 is 0 Å². The van der Waals surface area contributed by atoms with E-state index in [4.69, 9.17) is 5.73 Å². The van der Waals surface area contributed by atoms with Gasteiger partial charge in [-0.1, -0.05) is 18.2 Å². The summed E-state index contributed by atoms with van der Waals surface area (Å²) in [7, 11) is 0. The molecule has 0 saturated heterocycles. The summed E-state index contributed by atoms with van der Waals surface area (Å²) in [5.41, 5.74) is 9.14. The van der Waals surface area contributed by atoms with E-state index in [1.54, 1.807) is 6.07 Å². The summed E-state index contributed by atoms with van der Waals surface area (Å²) in [6.45, 7) is 2.81. The molecule has 0 bridgehead atoms. The maximum absolute atomic E-state index is 14.0. The summed E-state index contributed by atoms with van der Waals surface area (Å²) >= 11 is 0. The summed E-state index contributed by atoms with van der Waals surface area (Å²) in [5, 5.41) is 0. The second-order valence-electron chi connectivity index (χ2n) is 4.86. The number of para-hydroxylation sites is 2. The lowest BCUT2D eigenvalue weighted by atomic mass is 10.1. The van der Waals surface area contributed by atoms with Gasteiger partial charge in [-0.3, -0.25) is 0 Å². The van der Waals surface area contributed by atoms with Crippen LogP contribution in [0.25, 0.3) is 11.0 Å². The number of rotatable bonds is 3. The maximum Gasteiger partial charge on any atom is 0.128 e. The van der Waals surface area contributed by atoms with Crippen molar-refractivity contribution in [3.8, 4) is 0 Å². The fraction of sp³-hybridized carbons (Fsp3) is 0.188. The van der Waals surface area contributed by atoms with Crippen molar-refractivity contribution in [2.24, 2.45) is 5.73 Å². The van der Waals surface area contributed by atoms with Crippen LogP contribution in [0, 0.1) is 12.7 Å². The lowest BCUT2D eigenvalue weighted by Crippen LogP contribution is -2.06. The Hall–Kier alpha value is -2.20. The molecule has 0 aliphatic heterocycles. The second kappa shape index (κ2) is 5.06. The van der Waals surface area contributed by atoms with Crippen molar-refractivity contribution in [3.63, 3.8) is 0 Å². The van der Waals surface area contributed by atoms with Crippen LogP contribution in [0.15, 0.2) is 42.5 Å². The fourth-order valence-electron chi connectivity index (χ4n) is 2.44. The Balaban J connectivity index is 2.07. The zero-order valence-electron chi connectivity index (χ0n) is 11.3. The normalized spacial score (nSPS) is 11.2. The van der Waals surface area contributed by atoms with Gasteiger partial charge in [-0.05, 0) is 36.8 Å². The molecular formula is C16H16FN3. The van der Waals surface area contributed by atoms with Crippen LogP contribution in [0.1, 0.15) is 17.0 Å².